The number of para-hydroxylation sites is 3. The van der Waals surface area contributed by atoms with Gasteiger partial charge in [0.25, 0.3) is 0 Å². The zero-order valence-corrected chi connectivity index (χ0v) is 36.4. The fraction of sp³-hybridized carbons (Fsp3) is 0.100. The van der Waals surface area contributed by atoms with E-state index in [2.05, 4.69) is 234 Å². The van der Waals surface area contributed by atoms with Crippen molar-refractivity contribution in [3.63, 3.8) is 0 Å². The number of hydrogen-bond acceptors (Lipinski definition) is 0. The lowest BCUT2D eigenvalue weighted by molar-refractivity contribution is 0.444. The Hall–Kier alpha value is -7.20. The third kappa shape index (κ3) is 6.06. The fourth-order valence-corrected chi connectivity index (χ4v) is 16.1. The monoisotopic (exact) mass is 824 g/mol. The molecular weight excluding hydrogens is 777 g/mol. The molecule has 0 aliphatic heterocycles. The van der Waals surface area contributed by atoms with E-state index in [1.807, 2.05) is 0 Å². The molecule has 9 aromatic carbocycles. The van der Waals surface area contributed by atoms with Gasteiger partial charge in [0.1, 0.15) is 0 Å². The summed E-state index contributed by atoms with van der Waals surface area (Å²) in [6, 6.07) is 84.4. The molecule has 2 nitrogen and oxygen atoms in total. The van der Waals surface area contributed by atoms with Gasteiger partial charge in [0, 0.05) is 27.1 Å². The summed E-state index contributed by atoms with van der Waals surface area (Å²) in [6.45, 7) is 0. The minimum Gasteiger partial charge on any atom is -0.309 e. The van der Waals surface area contributed by atoms with Gasteiger partial charge in [-0.1, -0.05) is 201 Å². The average Bonchev–Trinajstić information content (AvgIpc) is 3.88. The fourth-order valence-electron chi connectivity index (χ4n) is 11.3. The zero-order chi connectivity index (χ0) is 41.7. The lowest BCUT2D eigenvalue weighted by Crippen LogP contribution is -2.74. The molecule has 302 valence electrons. The minimum absolute atomic E-state index is 0.654. The number of benzene rings is 9. The van der Waals surface area contributed by atoms with E-state index in [1.54, 1.807) is 0 Å². The molecule has 3 heteroatoms. The van der Waals surface area contributed by atoms with Crippen LogP contribution in [0.4, 0.5) is 0 Å². The minimum atomic E-state index is -2.74. The third-order valence-electron chi connectivity index (χ3n) is 14.1. The van der Waals surface area contributed by atoms with Crippen LogP contribution < -0.4 is 20.7 Å². The van der Waals surface area contributed by atoms with Crippen molar-refractivity contribution in [2.45, 2.75) is 38.0 Å². The first kappa shape index (κ1) is 37.5. The van der Waals surface area contributed by atoms with Crippen molar-refractivity contribution in [2.24, 2.45) is 0 Å². The summed E-state index contributed by atoms with van der Waals surface area (Å²) in [5.74, 6) is 0.654. The molecule has 2 heterocycles. The van der Waals surface area contributed by atoms with Gasteiger partial charge < -0.3 is 9.13 Å². The molecule has 0 amide bonds. The summed E-state index contributed by atoms with van der Waals surface area (Å²) < 4.78 is 5.05. The normalized spacial score (nSPS) is 13.7. The lowest BCUT2D eigenvalue weighted by atomic mass is 9.84. The maximum absolute atomic E-state index is 2.74. The standard InChI is InChI=1S/C60H48N2Si/c1-5-21-43(22-6-1)44-39-40-57-53(42-44)51-32-14-17-35-55(51)62(57)59-38-20-37-58-60(59)52-33-15-18-36-56(52)61(58)54-34-16-13-31-50(54)45-23-19-30-49(41-45)63(46-24-7-2-8-25-46,47-26-9-3-10-27-47)48-28-11-4-12-29-48/h2-4,7-20,23-43H,1,5-6,21-22H2. The summed E-state index contributed by atoms with van der Waals surface area (Å²) in [4.78, 5) is 0. The molecule has 11 aromatic rings. The second kappa shape index (κ2) is 15.6. The van der Waals surface area contributed by atoms with Crippen LogP contribution in [0, 0.1) is 0 Å². The van der Waals surface area contributed by atoms with Crippen LogP contribution in [0.5, 0.6) is 0 Å². The summed E-state index contributed by atoms with van der Waals surface area (Å²) in [5, 5.41) is 10.7. The van der Waals surface area contributed by atoms with E-state index in [9.17, 15) is 0 Å². The highest BCUT2D eigenvalue weighted by Crippen LogP contribution is 2.42. The van der Waals surface area contributed by atoms with Crippen LogP contribution in [-0.4, -0.2) is 17.2 Å². The molecule has 0 spiro atoms. The second-order valence-corrected chi connectivity index (χ2v) is 21.2. The average molecular weight is 825 g/mol. The van der Waals surface area contributed by atoms with E-state index in [0.29, 0.717) is 5.92 Å². The largest absolute Gasteiger partial charge is 0.309 e. The second-order valence-electron chi connectivity index (χ2n) is 17.4. The van der Waals surface area contributed by atoms with Crippen LogP contribution in [0.15, 0.2) is 224 Å². The van der Waals surface area contributed by atoms with Gasteiger partial charge >= 0.3 is 0 Å². The number of hydrogen-bond donors (Lipinski definition) is 0. The maximum atomic E-state index is 2.53. The van der Waals surface area contributed by atoms with Gasteiger partial charge in [0.15, 0.2) is 8.07 Å². The number of rotatable bonds is 8. The van der Waals surface area contributed by atoms with Gasteiger partial charge in [-0.2, -0.15) is 0 Å². The van der Waals surface area contributed by atoms with Gasteiger partial charge in [-0.15, -0.1) is 0 Å². The van der Waals surface area contributed by atoms with Crippen LogP contribution >= 0.6 is 0 Å². The molecule has 12 rings (SSSR count). The number of fused-ring (bicyclic) bond motifs is 6. The van der Waals surface area contributed by atoms with Crippen LogP contribution in [-0.2, 0) is 0 Å². The first-order chi connectivity index (χ1) is 31.3. The van der Waals surface area contributed by atoms with Crippen molar-refractivity contribution in [3.8, 4) is 22.5 Å². The molecule has 0 atom stereocenters. The van der Waals surface area contributed by atoms with E-state index < -0.39 is 8.07 Å². The molecule has 0 radical (unpaired) electrons. The maximum Gasteiger partial charge on any atom is 0.179 e. The van der Waals surface area contributed by atoms with Crippen molar-refractivity contribution in [3.05, 3.63) is 230 Å². The Labute approximate surface area is 370 Å². The molecule has 1 fully saturated rings. The van der Waals surface area contributed by atoms with Gasteiger partial charge in [-0.05, 0) is 93.1 Å². The molecule has 0 bridgehead atoms. The van der Waals surface area contributed by atoms with Crippen LogP contribution in [0.2, 0.25) is 0 Å². The SMILES string of the molecule is c1ccc([Si](c2ccccc2)(c2ccccc2)c2cccc(-c3ccccc3-n3c4ccccc4c4c(-n5c6ccccc6c6cc(C7CCCCC7)ccc65)cccc43)c2)cc1. The van der Waals surface area contributed by atoms with Crippen LogP contribution in [0.1, 0.15) is 43.6 Å². The van der Waals surface area contributed by atoms with Crippen molar-refractivity contribution in [1.29, 1.82) is 0 Å². The van der Waals surface area contributed by atoms with Crippen molar-refractivity contribution in [1.82, 2.24) is 9.13 Å². The van der Waals surface area contributed by atoms with Crippen molar-refractivity contribution < 1.29 is 0 Å². The van der Waals surface area contributed by atoms with E-state index in [-0.39, 0.29) is 0 Å². The topological polar surface area (TPSA) is 9.86 Å². The highest BCUT2D eigenvalue weighted by atomic mass is 28.3. The third-order valence-corrected chi connectivity index (χ3v) is 18.8. The van der Waals surface area contributed by atoms with Gasteiger partial charge in [-0.25, -0.2) is 0 Å². The number of aromatic nitrogens is 2. The Kier molecular flexibility index (Phi) is 9.30. The quantitative estimate of drug-likeness (QED) is 0.107. The molecule has 1 aliphatic carbocycles. The molecule has 1 aliphatic rings. The van der Waals surface area contributed by atoms with Crippen molar-refractivity contribution >= 4 is 72.4 Å². The summed E-state index contributed by atoms with van der Waals surface area (Å²) in [7, 11) is -2.74. The Balaban J connectivity index is 1.08. The van der Waals surface area contributed by atoms with E-state index in [4.69, 9.17) is 0 Å². The van der Waals surface area contributed by atoms with Crippen LogP contribution in [0.25, 0.3) is 66.1 Å². The molecule has 0 unspecified atom stereocenters. The Bertz CT molecular complexity index is 3330. The van der Waals surface area contributed by atoms with Crippen LogP contribution in [0.3, 0.4) is 0 Å². The van der Waals surface area contributed by atoms with Crippen molar-refractivity contribution in [2.75, 3.05) is 0 Å². The molecule has 0 saturated heterocycles. The summed E-state index contributed by atoms with van der Waals surface area (Å²) in [5.41, 5.74) is 11.2. The van der Waals surface area contributed by atoms with Gasteiger partial charge in [-0.3, -0.25) is 0 Å². The number of nitrogens with zero attached hydrogens (tertiary/aromatic N) is 2. The highest BCUT2D eigenvalue weighted by molar-refractivity contribution is 7.19. The van der Waals surface area contributed by atoms with E-state index in [1.165, 1.54) is 125 Å². The first-order valence-corrected chi connectivity index (χ1v) is 24.7. The molecule has 63 heavy (non-hydrogen) atoms. The zero-order valence-electron chi connectivity index (χ0n) is 35.4. The highest BCUT2D eigenvalue weighted by Gasteiger charge is 2.41. The molecule has 0 N–H and O–H groups in total. The van der Waals surface area contributed by atoms with Gasteiger partial charge in [0.2, 0.25) is 0 Å². The molecule has 2 aromatic heterocycles. The summed E-state index contributed by atoms with van der Waals surface area (Å²) in [6.07, 6.45) is 6.63. The van der Waals surface area contributed by atoms with Gasteiger partial charge in [0.05, 0.1) is 33.4 Å². The first-order valence-electron chi connectivity index (χ1n) is 22.7. The van der Waals surface area contributed by atoms with E-state index in [0.717, 1.165) is 0 Å². The Morgan fingerprint density at radius 3 is 1.56 bits per heavy atom. The Morgan fingerprint density at radius 2 is 0.857 bits per heavy atom. The molecule has 1 saturated carbocycles. The Morgan fingerprint density at radius 1 is 0.349 bits per heavy atom. The predicted molar refractivity (Wildman–Crippen MR) is 270 cm³/mol. The molecular formula is C60H48N2Si. The van der Waals surface area contributed by atoms with E-state index >= 15 is 0 Å². The predicted octanol–water partition coefficient (Wildman–Crippen LogP) is 13.0. The smallest absolute Gasteiger partial charge is 0.179 e. The summed E-state index contributed by atoms with van der Waals surface area (Å²) >= 11 is 0. The lowest BCUT2D eigenvalue weighted by Gasteiger charge is -2.34.